The van der Waals surface area contributed by atoms with Crippen molar-refractivity contribution in [3.63, 3.8) is 0 Å². The molecule has 61 heavy (non-hydrogen) atoms. The maximum atomic E-state index is 5.37. The quantitative estimate of drug-likeness (QED) is 0.154. The van der Waals surface area contributed by atoms with E-state index in [0.717, 1.165) is 88.7 Å². The summed E-state index contributed by atoms with van der Waals surface area (Å²) in [5.74, 6) is 1.83. The lowest BCUT2D eigenvalue weighted by atomic mass is 9.93. The Morgan fingerprint density at radius 3 is 1.21 bits per heavy atom. The highest BCUT2D eigenvalue weighted by atomic mass is 15.3. The first kappa shape index (κ1) is 35.8. The van der Waals surface area contributed by atoms with E-state index in [1.54, 1.807) is 0 Å². The van der Waals surface area contributed by atoms with E-state index in [2.05, 4.69) is 205 Å². The van der Waals surface area contributed by atoms with Gasteiger partial charge in [0.1, 0.15) is 5.69 Å². The molecule has 2 heterocycles. The molecule has 0 amide bonds. The maximum absolute atomic E-state index is 5.37. The molecule has 5 heteroatoms. The minimum atomic E-state index is 0.601. The minimum Gasteiger partial charge on any atom is -0.232 e. The Hall–Kier alpha value is -8.28. The molecule has 11 rings (SSSR count). The number of aromatic nitrogens is 5. The van der Waals surface area contributed by atoms with Crippen LogP contribution < -0.4 is 0 Å². The minimum absolute atomic E-state index is 0.601. The first-order valence-corrected chi connectivity index (χ1v) is 20.5. The summed E-state index contributed by atoms with van der Waals surface area (Å²) >= 11 is 0. The SMILES string of the molecule is c1ccc(-c2ccc(-c3nc(-c4ccc(-c5ccccc5)cc4)nc(-c4ccc5c(c4)cc(-c4ccccc4)c4c(-c6ccccc6)nn(-c6ccccc6)c45)n3)cc2)cc1. The molecule has 0 aliphatic rings. The van der Waals surface area contributed by atoms with Crippen molar-refractivity contribution in [1.82, 2.24) is 24.7 Å². The van der Waals surface area contributed by atoms with Gasteiger partial charge in [0.15, 0.2) is 17.5 Å². The summed E-state index contributed by atoms with van der Waals surface area (Å²) < 4.78 is 2.10. The van der Waals surface area contributed by atoms with Crippen molar-refractivity contribution in [1.29, 1.82) is 0 Å². The summed E-state index contributed by atoms with van der Waals surface area (Å²) in [5, 5.41) is 8.61. The Morgan fingerprint density at radius 2 is 0.705 bits per heavy atom. The fraction of sp³-hybridized carbons (Fsp3) is 0. The van der Waals surface area contributed by atoms with Crippen molar-refractivity contribution >= 4 is 21.7 Å². The second-order valence-electron chi connectivity index (χ2n) is 15.1. The van der Waals surface area contributed by atoms with Crippen LogP contribution in [0.2, 0.25) is 0 Å². The second kappa shape index (κ2) is 15.5. The Kier molecular flexibility index (Phi) is 9.10. The van der Waals surface area contributed by atoms with Crippen LogP contribution in [0.3, 0.4) is 0 Å². The maximum Gasteiger partial charge on any atom is 0.164 e. The van der Waals surface area contributed by atoms with Crippen LogP contribution >= 0.6 is 0 Å². The number of para-hydroxylation sites is 1. The van der Waals surface area contributed by atoms with Crippen LogP contribution in [0.25, 0.3) is 106 Å². The van der Waals surface area contributed by atoms with Crippen molar-refractivity contribution in [2.45, 2.75) is 0 Å². The summed E-state index contributed by atoms with van der Waals surface area (Å²) in [6.45, 7) is 0. The van der Waals surface area contributed by atoms with Crippen LogP contribution in [0.4, 0.5) is 0 Å². The van der Waals surface area contributed by atoms with Gasteiger partial charge in [-0.2, -0.15) is 5.10 Å². The predicted molar refractivity (Wildman–Crippen MR) is 250 cm³/mol. The molecule has 5 nitrogen and oxygen atoms in total. The lowest BCUT2D eigenvalue weighted by molar-refractivity contribution is 0.918. The van der Waals surface area contributed by atoms with Crippen molar-refractivity contribution in [2.75, 3.05) is 0 Å². The molecule has 0 N–H and O–H groups in total. The standard InChI is InChI=1S/C56H37N5/c1-6-16-38(17-7-1)40-26-30-44(31-27-40)54-57-55(45-32-28-41(29-33-45)39-18-8-2-9-19-39)59-56(58-54)46-34-35-49-47(36-46)37-50(42-20-10-3-11-21-42)51-52(43-22-12-4-13-23-43)60-61(53(49)51)48-24-14-5-15-25-48/h1-37H. The van der Waals surface area contributed by atoms with E-state index in [-0.39, 0.29) is 0 Å². The van der Waals surface area contributed by atoms with Crippen molar-refractivity contribution < 1.29 is 0 Å². The molecule has 9 aromatic carbocycles. The van der Waals surface area contributed by atoms with Gasteiger partial charge in [-0.15, -0.1) is 0 Å². The lowest BCUT2D eigenvalue weighted by Gasteiger charge is -2.13. The topological polar surface area (TPSA) is 56.5 Å². The monoisotopic (exact) mass is 779 g/mol. The van der Waals surface area contributed by atoms with E-state index in [4.69, 9.17) is 20.1 Å². The Labute approximate surface area is 354 Å². The largest absolute Gasteiger partial charge is 0.232 e. The van der Waals surface area contributed by atoms with Crippen LogP contribution in [0.15, 0.2) is 224 Å². The molecule has 0 aliphatic heterocycles. The van der Waals surface area contributed by atoms with Gasteiger partial charge in [-0.25, -0.2) is 19.6 Å². The van der Waals surface area contributed by atoms with Gasteiger partial charge in [0, 0.05) is 33.0 Å². The Balaban J connectivity index is 1.11. The number of hydrogen-bond acceptors (Lipinski definition) is 4. The van der Waals surface area contributed by atoms with E-state index in [9.17, 15) is 0 Å². The molecular formula is C56H37N5. The van der Waals surface area contributed by atoms with E-state index in [1.807, 2.05) is 24.3 Å². The fourth-order valence-corrected chi connectivity index (χ4v) is 8.23. The molecule has 0 bridgehead atoms. The summed E-state index contributed by atoms with van der Waals surface area (Å²) in [6, 6.07) is 78.1. The smallest absolute Gasteiger partial charge is 0.164 e. The molecular weight excluding hydrogens is 743 g/mol. The number of hydrogen-bond donors (Lipinski definition) is 0. The van der Waals surface area contributed by atoms with Gasteiger partial charge in [0.05, 0.1) is 11.2 Å². The molecule has 0 spiro atoms. The zero-order valence-corrected chi connectivity index (χ0v) is 33.1. The Morgan fingerprint density at radius 1 is 0.311 bits per heavy atom. The zero-order valence-electron chi connectivity index (χ0n) is 33.1. The third kappa shape index (κ3) is 6.84. The zero-order chi connectivity index (χ0) is 40.5. The summed E-state index contributed by atoms with van der Waals surface area (Å²) in [6.07, 6.45) is 0. The van der Waals surface area contributed by atoms with Gasteiger partial charge >= 0.3 is 0 Å². The third-order valence-corrected chi connectivity index (χ3v) is 11.3. The normalized spacial score (nSPS) is 11.3. The van der Waals surface area contributed by atoms with Gasteiger partial charge < -0.3 is 0 Å². The molecule has 0 radical (unpaired) electrons. The van der Waals surface area contributed by atoms with Crippen LogP contribution in [0.5, 0.6) is 0 Å². The third-order valence-electron chi connectivity index (χ3n) is 11.3. The Bertz CT molecular complexity index is 3190. The highest BCUT2D eigenvalue weighted by Gasteiger charge is 2.22. The van der Waals surface area contributed by atoms with Crippen LogP contribution in [-0.4, -0.2) is 24.7 Å². The van der Waals surface area contributed by atoms with Crippen molar-refractivity contribution in [3.05, 3.63) is 224 Å². The number of rotatable bonds is 8. The fourth-order valence-electron chi connectivity index (χ4n) is 8.23. The average molecular weight is 780 g/mol. The van der Waals surface area contributed by atoms with E-state index in [1.165, 1.54) is 0 Å². The summed E-state index contributed by atoms with van der Waals surface area (Å²) in [5.41, 5.74) is 13.6. The molecule has 286 valence electrons. The molecule has 0 fully saturated rings. The number of benzene rings is 9. The van der Waals surface area contributed by atoms with Crippen LogP contribution in [0.1, 0.15) is 0 Å². The highest BCUT2D eigenvalue weighted by molar-refractivity contribution is 6.17. The molecule has 0 atom stereocenters. The molecule has 0 aliphatic carbocycles. The van der Waals surface area contributed by atoms with Gasteiger partial charge in [-0.05, 0) is 63.0 Å². The van der Waals surface area contributed by atoms with Gasteiger partial charge in [0.2, 0.25) is 0 Å². The second-order valence-corrected chi connectivity index (χ2v) is 15.1. The molecule has 0 unspecified atom stereocenters. The highest BCUT2D eigenvalue weighted by Crippen LogP contribution is 2.42. The van der Waals surface area contributed by atoms with Crippen LogP contribution in [-0.2, 0) is 0 Å². The first-order valence-electron chi connectivity index (χ1n) is 20.5. The van der Waals surface area contributed by atoms with Gasteiger partial charge in [-0.1, -0.05) is 200 Å². The van der Waals surface area contributed by atoms with E-state index in [0.29, 0.717) is 17.5 Å². The molecule has 11 aromatic rings. The van der Waals surface area contributed by atoms with E-state index < -0.39 is 0 Å². The first-order chi connectivity index (χ1) is 30.2. The molecule has 2 aromatic heterocycles. The lowest BCUT2D eigenvalue weighted by Crippen LogP contribution is -2.00. The van der Waals surface area contributed by atoms with Gasteiger partial charge in [0.25, 0.3) is 0 Å². The van der Waals surface area contributed by atoms with Crippen LogP contribution in [0, 0.1) is 0 Å². The van der Waals surface area contributed by atoms with Crippen molar-refractivity contribution in [2.24, 2.45) is 0 Å². The molecule has 0 saturated heterocycles. The van der Waals surface area contributed by atoms with Gasteiger partial charge in [-0.3, -0.25) is 0 Å². The molecule has 0 saturated carbocycles. The number of nitrogens with zero attached hydrogens (tertiary/aromatic N) is 5. The predicted octanol–water partition coefficient (Wildman–Crippen LogP) is 14.0. The summed E-state index contributed by atoms with van der Waals surface area (Å²) in [4.78, 5) is 15.5. The van der Waals surface area contributed by atoms with E-state index >= 15 is 0 Å². The number of fused-ring (bicyclic) bond motifs is 3. The summed E-state index contributed by atoms with van der Waals surface area (Å²) in [7, 11) is 0. The average Bonchev–Trinajstić information content (AvgIpc) is 3.76. The van der Waals surface area contributed by atoms with Crippen molar-refractivity contribution in [3.8, 4) is 84.5 Å².